The first-order chi connectivity index (χ1) is 12.3. The second-order valence-corrected chi connectivity index (χ2v) is 7.16. The van der Waals surface area contributed by atoms with Crippen molar-refractivity contribution in [3.63, 3.8) is 0 Å². The Morgan fingerprint density at radius 2 is 1.81 bits per heavy atom. The number of rotatable bonds is 6. The minimum atomic E-state index is -0.622. The third-order valence-electron chi connectivity index (χ3n) is 3.83. The number of carbonyl (C=O) groups excluding carboxylic acids is 2. The Morgan fingerprint density at radius 1 is 1.15 bits per heavy atom. The van der Waals surface area contributed by atoms with E-state index in [1.807, 2.05) is 37.3 Å². The molecule has 0 saturated heterocycles. The van der Waals surface area contributed by atoms with Gasteiger partial charge < -0.3 is 15.0 Å². The molecule has 2 aromatic rings. The molecule has 0 saturated carbocycles. The van der Waals surface area contributed by atoms with Crippen molar-refractivity contribution in [2.45, 2.75) is 26.5 Å². The molecule has 2 aromatic carbocycles. The maximum Gasteiger partial charge on any atom is 0.261 e. The molecule has 0 radical (unpaired) electrons. The molecule has 6 heteroatoms. The lowest BCUT2D eigenvalue weighted by Gasteiger charge is -2.16. The van der Waals surface area contributed by atoms with Crippen LogP contribution in [0, 0.1) is 6.92 Å². The van der Waals surface area contributed by atoms with Gasteiger partial charge in [-0.1, -0.05) is 18.2 Å². The Morgan fingerprint density at radius 3 is 2.38 bits per heavy atom. The predicted octanol–water partition coefficient (Wildman–Crippen LogP) is 3.54. The number of hydrogen-bond acceptors (Lipinski definition) is 3. The van der Waals surface area contributed by atoms with Crippen LogP contribution < -0.4 is 10.1 Å². The average molecular weight is 419 g/mol. The molecule has 5 nitrogen and oxygen atoms in total. The van der Waals surface area contributed by atoms with E-state index >= 15 is 0 Å². The number of halogens is 1. The molecule has 0 heterocycles. The highest BCUT2D eigenvalue weighted by molar-refractivity contribution is 9.10. The summed E-state index contributed by atoms with van der Waals surface area (Å²) in [6.45, 7) is 4.07. The quantitative estimate of drug-likeness (QED) is 0.780. The minimum absolute atomic E-state index is 0.0497. The van der Waals surface area contributed by atoms with Gasteiger partial charge in [0.2, 0.25) is 0 Å². The number of carbonyl (C=O) groups is 2. The second kappa shape index (κ2) is 8.85. The van der Waals surface area contributed by atoms with Crippen LogP contribution >= 0.6 is 15.9 Å². The molecular formula is C20H23BrN2O3. The van der Waals surface area contributed by atoms with Gasteiger partial charge in [0.15, 0.2) is 6.10 Å². The molecule has 1 N–H and O–H groups in total. The summed E-state index contributed by atoms with van der Waals surface area (Å²) in [6.07, 6.45) is -0.622. The predicted molar refractivity (Wildman–Crippen MR) is 105 cm³/mol. The van der Waals surface area contributed by atoms with Gasteiger partial charge in [0.1, 0.15) is 5.75 Å². The Balaban J connectivity index is 1.90. The summed E-state index contributed by atoms with van der Waals surface area (Å²) in [4.78, 5) is 25.6. The summed E-state index contributed by atoms with van der Waals surface area (Å²) in [5.74, 6) is 0.377. The maximum absolute atomic E-state index is 12.3. The van der Waals surface area contributed by atoms with Gasteiger partial charge in [-0.05, 0) is 65.2 Å². The summed E-state index contributed by atoms with van der Waals surface area (Å²) < 4.78 is 6.54. The van der Waals surface area contributed by atoms with E-state index in [0.717, 1.165) is 15.6 Å². The fourth-order valence-corrected chi connectivity index (χ4v) is 2.89. The molecule has 138 valence electrons. The molecule has 0 aliphatic rings. The Hall–Kier alpha value is -2.34. The number of amides is 2. The van der Waals surface area contributed by atoms with Crippen molar-refractivity contribution in [3.05, 3.63) is 63.6 Å². The normalized spacial score (nSPS) is 11.6. The molecule has 0 bridgehead atoms. The van der Waals surface area contributed by atoms with Gasteiger partial charge >= 0.3 is 0 Å². The highest BCUT2D eigenvalue weighted by atomic mass is 79.9. The third-order valence-corrected chi connectivity index (χ3v) is 4.45. The number of nitrogens with one attached hydrogen (secondary N) is 1. The zero-order chi connectivity index (χ0) is 19.3. The van der Waals surface area contributed by atoms with Crippen LogP contribution in [-0.2, 0) is 11.3 Å². The molecule has 2 amide bonds. The van der Waals surface area contributed by atoms with Crippen LogP contribution in [0.4, 0.5) is 0 Å². The third kappa shape index (κ3) is 5.33. The lowest BCUT2D eigenvalue weighted by molar-refractivity contribution is -0.127. The number of aryl methyl sites for hydroxylation is 1. The van der Waals surface area contributed by atoms with E-state index in [4.69, 9.17) is 4.74 Å². The van der Waals surface area contributed by atoms with Gasteiger partial charge in [0, 0.05) is 26.2 Å². The highest BCUT2D eigenvalue weighted by Gasteiger charge is 2.16. The average Bonchev–Trinajstić information content (AvgIpc) is 2.61. The fraction of sp³-hybridized carbons (Fsp3) is 0.300. The Bertz CT molecular complexity index is 788. The van der Waals surface area contributed by atoms with E-state index in [1.165, 1.54) is 4.90 Å². The molecule has 2 rings (SSSR count). The molecule has 26 heavy (non-hydrogen) atoms. The number of ether oxygens (including phenoxy) is 1. The van der Waals surface area contributed by atoms with Crippen molar-refractivity contribution >= 4 is 27.7 Å². The molecule has 0 unspecified atom stereocenters. The molecule has 0 aromatic heterocycles. The van der Waals surface area contributed by atoms with Crippen LogP contribution in [0.5, 0.6) is 5.75 Å². The van der Waals surface area contributed by atoms with Gasteiger partial charge in [-0.3, -0.25) is 9.59 Å². The molecule has 0 spiro atoms. The Labute approximate surface area is 162 Å². The Kier molecular flexibility index (Phi) is 6.80. The first kappa shape index (κ1) is 20.0. The van der Waals surface area contributed by atoms with Gasteiger partial charge in [0.25, 0.3) is 11.8 Å². The van der Waals surface area contributed by atoms with Crippen LogP contribution in [0.2, 0.25) is 0 Å². The van der Waals surface area contributed by atoms with E-state index in [1.54, 1.807) is 33.2 Å². The van der Waals surface area contributed by atoms with Crippen molar-refractivity contribution in [3.8, 4) is 5.75 Å². The maximum atomic E-state index is 12.3. The second-order valence-electron chi connectivity index (χ2n) is 6.31. The standard InChI is InChI=1S/C20H23BrN2O3/c1-13-5-10-18(17(21)11-13)26-14(2)19(24)22-12-15-6-8-16(9-7-15)20(25)23(3)4/h5-11,14H,12H2,1-4H3,(H,22,24)/t14-/m1/s1. The smallest absolute Gasteiger partial charge is 0.261 e. The lowest BCUT2D eigenvalue weighted by Crippen LogP contribution is -2.36. The molecule has 0 aliphatic heterocycles. The molecule has 0 fully saturated rings. The summed E-state index contributed by atoms with van der Waals surface area (Å²) in [5.41, 5.74) is 2.64. The van der Waals surface area contributed by atoms with Gasteiger partial charge in [0.05, 0.1) is 4.47 Å². The molecule has 0 aliphatic carbocycles. The van der Waals surface area contributed by atoms with Gasteiger partial charge in [-0.25, -0.2) is 0 Å². The van der Waals surface area contributed by atoms with Gasteiger partial charge in [-0.2, -0.15) is 0 Å². The summed E-state index contributed by atoms with van der Waals surface area (Å²) in [7, 11) is 3.43. The van der Waals surface area contributed by atoms with Crippen molar-refractivity contribution in [1.82, 2.24) is 10.2 Å². The van der Waals surface area contributed by atoms with Crippen molar-refractivity contribution in [2.24, 2.45) is 0 Å². The van der Waals surface area contributed by atoms with Crippen molar-refractivity contribution in [1.29, 1.82) is 0 Å². The lowest BCUT2D eigenvalue weighted by atomic mass is 10.1. The minimum Gasteiger partial charge on any atom is -0.480 e. The van der Waals surface area contributed by atoms with Crippen LogP contribution in [0.15, 0.2) is 46.9 Å². The fourth-order valence-electron chi connectivity index (χ4n) is 2.30. The van der Waals surface area contributed by atoms with Crippen molar-refractivity contribution in [2.75, 3.05) is 14.1 Å². The molecular weight excluding hydrogens is 396 g/mol. The van der Waals surface area contributed by atoms with Crippen LogP contribution in [0.3, 0.4) is 0 Å². The van der Waals surface area contributed by atoms with Gasteiger partial charge in [-0.15, -0.1) is 0 Å². The summed E-state index contributed by atoms with van der Waals surface area (Å²) in [5, 5.41) is 2.85. The zero-order valence-electron chi connectivity index (χ0n) is 15.4. The number of nitrogens with zero attached hydrogens (tertiary/aromatic N) is 1. The van der Waals surface area contributed by atoms with Crippen molar-refractivity contribution < 1.29 is 14.3 Å². The van der Waals surface area contributed by atoms with E-state index < -0.39 is 6.10 Å². The van der Waals surface area contributed by atoms with E-state index in [0.29, 0.717) is 17.9 Å². The van der Waals surface area contributed by atoms with E-state index in [2.05, 4.69) is 21.2 Å². The highest BCUT2D eigenvalue weighted by Crippen LogP contribution is 2.26. The first-order valence-corrected chi connectivity index (χ1v) is 9.08. The largest absolute Gasteiger partial charge is 0.480 e. The summed E-state index contributed by atoms with van der Waals surface area (Å²) in [6, 6.07) is 12.9. The first-order valence-electron chi connectivity index (χ1n) is 8.29. The number of hydrogen-bond donors (Lipinski definition) is 1. The van der Waals surface area contributed by atoms with Crippen LogP contribution in [0.25, 0.3) is 0 Å². The van der Waals surface area contributed by atoms with E-state index in [-0.39, 0.29) is 11.8 Å². The number of benzene rings is 2. The molecule has 1 atom stereocenters. The monoisotopic (exact) mass is 418 g/mol. The van der Waals surface area contributed by atoms with Crippen LogP contribution in [0.1, 0.15) is 28.4 Å². The zero-order valence-corrected chi connectivity index (χ0v) is 17.0. The van der Waals surface area contributed by atoms with Crippen LogP contribution in [-0.4, -0.2) is 36.9 Å². The SMILES string of the molecule is Cc1ccc(O[C@H](C)C(=O)NCc2ccc(C(=O)N(C)C)cc2)c(Br)c1. The topological polar surface area (TPSA) is 58.6 Å². The summed E-state index contributed by atoms with van der Waals surface area (Å²) >= 11 is 3.44. The van der Waals surface area contributed by atoms with E-state index in [9.17, 15) is 9.59 Å².